The van der Waals surface area contributed by atoms with E-state index in [1.807, 2.05) is 6.26 Å². The fourth-order valence-electron chi connectivity index (χ4n) is 2.93. The van der Waals surface area contributed by atoms with Gasteiger partial charge in [0.15, 0.2) is 0 Å². The average Bonchev–Trinajstić information content (AvgIpc) is 2.47. The van der Waals surface area contributed by atoms with Gasteiger partial charge in [-0.1, -0.05) is 6.92 Å². The van der Waals surface area contributed by atoms with Crippen molar-refractivity contribution in [1.82, 2.24) is 4.90 Å². The number of nitrogens with two attached hydrogens (primary N) is 1. The number of morpholine rings is 1. The van der Waals surface area contributed by atoms with Gasteiger partial charge in [-0.25, -0.2) is 0 Å². The summed E-state index contributed by atoms with van der Waals surface area (Å²) in [7, 11) is 0. The molecular weight excluding hydrogens is 228 g/mol. The summed E-state index contributed by atoms with van der Waals surface area (Å²) < 4.78 is 10.9. The van der Waals surface area contributed by atoms with Crippen LogP contribution in [0.15, 0.2) is 11.8 Å². The summed E-state index contributed by atoms with van der Waals surface area (Å²) in [6, 6.07) is 0.0564. The molecule has 1 fully saturated rings. The zero-order chi connectivity index (χ0) is 13.0. The number of hydrogen-bond acceptors (Lipinski definition) is 4. The average molecular weight is 254 g/mol. The van der Waals surface area contributed by atoms with Crippen LogP contribution in [0, 0.1) is 0 Å². The molecule has 2 aliphatic rings. The van der Waals surface area contributed by atoms with Crippen molar-refractivity contribution in [3.8, 4) is 0 Å². The lowest BCUT2D eigenvalue weighted by Crippen LogP contribution is -2.61. The van der Waals surface area contributed by atoms with Gasteiger partial charge in [-0.3, -0.25) is 4.90 Å². The molecule has 18 heavy (non-hydrogen) atoms. The highest BCUT2D eigenvalue weighted by atomic mass is 16.5. The maximum absolute atomic E-state index is 6.54. The van der Waals surface area contributed by atoms with E-state index in [1.165, 1.54) is 5.57 Å². The summed E-state index contributed by atoms with van der Waals surface area (Å²) in [5.41, 5.74) is 7.81. The number of hydrogen-bond donors (Lipinski definition) is 1. The molecule has 4 heteroatoms. The van der Waals surface area contributed by atoms with Crippen molar-refractivity contribution in [2.45, 2.75) is 44.7 Å². The van der Waals surface area contributed by atoms with Crippen molar-refractivity contribution in [2.75, 3.05) is 32.9 Å². The molecule has 2 N–H and O–H groups in total. The van der Waals surface area contributed by atoms with Gasteiger partial charge < -0.3 is 15.2 Å². The first-order valence-electron chi connectivity index (χ1n) is 7.07. The first-order valence-corrected chi connectivity index (χ1v) is 7.07. The Bertz CT molecular complexity index is 300. The maximum atomic E-state index is 6.54. The summed E-state index contributed by atoms with van der Waals surface area (Å²) in [5.74, 6) is 0. The van der Waals surface area contributed by atoms with Crippen LogP contribution < -0.4 is 5.73 Å². The maximum Gasteiger partial charge on any atom is 0.0876 e. The second-order valence-corrected chi connectivity index (χ2v) is 5.45. The Hall–Kier alpha value is -0.580. The third-order valence-electron chi connectivity index (χ3n) is 4.48. The summed E-state index contributed by atoms with van der Waals surface area (Å²) in [4.78, 5) is 2.48. The Kier molecular flexibility index (Phi) is 4.65. The van der Waals surface area contributed by atoms with Gasteiger partial charge in [0.05, 0.1) is 26.1 Å². The van der Waals surface area contributed by atoms with E-state index in [4.69, 9.17) is 15.2 Å². The van der Waals surface area contributed by atoms with Crippen LogP contribution in [0.2, 0.25) is 0 Å². The molecule has 0 aliphatic carbocycles. The molecule has 0 spiro atoms. The van der Waals surface area contributed by atoms with Gasteiger partial charge in [0.2, 0.25) is 0 Å². The van der Waals surface area contributed by atoms with Crippen LogP contribution in [0.1, 0.15) is 33.1 Å². The molecule has 0 aromatic rings. The van der Waals surface area contributed by atoms with E-state index in [0.29, 0.717) is 0 Å². The first-order chi connectivity index (χ1) is 8.68. The SMILES string of the molecule is CCC(C)(C(N)C1=COCCC1)N1CCOCC1. The minimum absolute atomic E-state index is 0.0102. The fraction of sp³-hybridized carbons (Fsp3) is 0.857. The first kappa shape index (κ1) is 13.8. The van der Waals surface area contributed by atoms with Gasteiger partial charge >= 0.3 is 0 Å². The van der Waals surface area contributed by atoms with Crippen LogP contribution in [0.25, 0.3) is 0 Å². The standard InChI is InChI=1S/C14H26N2O2/c1-3-14(2,16-6-9-17-10-7-16)13(15)12-5-4-8-18-11-12/h11,13H,3-10,15H2,1-2H3. The van der Waals surface area contributed by atoms with Gasteiger partial charge in [-0.15, -0.1) is 0 Å². The van der Waals surface area contributed by atoms with Crippen molar-refractivity contribution in [3.05, 3.63) is 11.8 Å². The lowest BCUT2D eigenvalue weighted by molar-refractivity contribution is -0.0243. The normalized spacial score (nSPS) is 26.9. The molecule has 0 aromatic heterocycles. The fourth-order valence-corrected chi connectivity index (χ4v) is 2.93. The predicted octanol–water partition coefficient (Wildman–Crippen LogP) is 1.51. The summed E-state index contributed by atoms with van der Waals surface area (Å²) in [5, 5.41) is 0. The van der Waals surface area contributed by atoms with E-state index in [1.54, 1.807) is 0 Å². The molecule has 2 heterocycles. The Labute approximate surface area is 110 Å². The van der Waals surface area contributed by atoms with Crippen molar-refractivity contribution in [3.63, 3.8) is 0 Å². The Balaban J connectivity index is 2.11. The topological polar surface area (TPSA) is 47.7 Å². The smallest absolute Gasteiger partial charge is 0.0876 e. The molecule has 2 unspecified atom stereocenters. The number of nitrogens with zero attached hydrogens (tertiary/aromatic N) is 1. The third-order valence-corrected chi connectivity index (χ3v) is 4.48. The van der Waals surface area contributed by atoms with E-state index in [-0.39, 0.29) is 11.6 Å². The molecular formula is C14H26N2O2. The van der Waals surface area contributed by atoms with Crippen LogP contribution in [0.4, 0.5) is 0 Å². The highest BCUT2D eigenvalue weighted by molar-refractivity contribution is 5.17. The van der Waals surface area contributed by atoms with Crippen LogP contribution in [-0.4, -0.2) is 49.4 Å². The minimum atomic E-state index is 0.0102. The van der Waals surface area contributed by atoms with E-state index in [0.717, 1.165) is 52.2 Å². The van der Waals surface area contributed by atoms with E-state index in [9.17, 15) is 0 Å². The zero-order valence-corrected chi connectivity index (χ0v) is 11.7. The highest BCUT2D eigenvalue weighted by Gasteiger charge is 2.39. The van der Waals surface area contributed by atoms with Gasteiger partial charge in [0.1, 0.15) is 0 Å². The minimum Gasteiger partial charge on any atom is -0.501 e. The van der Waals surface area contributed by atoms with Crippen LogP contribution in [0.3, 0.4) is 0 Å². The number of rotatable bonds is 4. The quantitative estimate of drug-likeness (QED) is 0.826. The molecule has 0 amide bonds. The van der Waals surface area contributed by atoms with Crippen LogP contribution >= 0.6 is 0 Å². The third kappa shape index (κ3) is 2.71. The monoisotopic (exact) mass is 254 g/mol. The van der Waals surface area contributed by atoms with Crippen molar-refractivity contribution >= 4 is 0 Å². The molecule has 1 saturated heterocycles. The molecule has 2 rings (SSSR count). The molecule has 0 radical (unpaired) electrons. The second-order valence-electron chi connectivity index (χ2n) is 5.45. The molecule has 104 valence electrons. The predicted molar refractivity (Wildman–Crippen MR) is 72.3 cm³/mol. The highest BCUT2D eigenvalue weighted by Crippen LogP contribution is 2.30. The van der Waals surface area contributed by atoms with Gasteiger partial charge in [0.25, 0.3) is 0 Å². The van der Waals surface area contributed by atoms with E-state index < -0.39 is 0 Å². The molecule has 0 bridgehead atoms. The zero-order valence-electron chi connectivity index (χ0n) is 11.7. The summed E-state index contributed by atoms with van der Waals surface area (Å²) in [6.45, 7) is 8.92. The van der Waals surface area contributed by atoms with E-state index >= 15 is 0 Å². The molecule has 2 atom stereocenters. The van der Waals surface area contributed by atoms with Crippen LogP contribution in [-0.2, 0) is 9.47 Å². The molecule has 4 nitrogen and oxygen atoms in total. The van der Waals surface area contributed by atoms with Gasteiger partial charge in [0, 0.05) is 24.7 Å². The van der Waals surface area contributed by atoms with E-state index in [2.05, 4.69) is 18.7 Å². The Morgan fingerprint density at radius 1 is 1.39 bits per heavy atom. The van der Waals surface area contributed by atoms with Crippen molar-refractivity contribution < 1.29 is 9.47 Å². The lowest BCUT2D eigenvalue weighted by Gasteiger charge is -2.47. The lowest BCUT2D eigenvalue weighted by atomic mass is 9.81. The van der Waals surface area contributed by atoms with Gasteiger partial charge in [-0.2, -0.15) is 0 Å². The Morgan fingerprint density at radius 3 is 2.67 bits per heavy atom. The van der Waals surface area contributed by atoms with Crippen molar-refractivity contribution in [1.29, 1.82) is 0 Å². The van der Waals surface area contributed by atoms with Crippen LogP contribution in [0.5, 0.6) is 0 Å². The summed E-state index contributed by atoms with van der Waals surface area (Å²) >= 11 is 0. The largest absolute Gasteiger partial charge is 0.501 e. The molecule has 2 aliphatic heterocycles. The molecule has 0 saturated carbocycles. The van der Waals surface area contributed by atoms with Crippen molar-refractivity contribution in [2.24, 2.45) is 5.73 Å². The second kappa shape index (κ2) is 6.04. The van der Waals surface area contributed by atoms with Gasteiger partial charge in [-0.05, 0) is 31.8 Å². The Morgan fingerprint density at radius 2 is 2.11 bits per heavy atom. The summed E-state index contributed by atoms with van der Waals surface area (Å²) in [6.07, 6.45) is 5.09. The molecule has 0 aromatic carbocycles. The number of ether oxygens (including phenoxy) is 2.